The van der Waals surface area contributed by atoms with Crippen molar-refractivity contribution in [2.24, 2.45) is 0 Å². The topological polar surface area (TPSA) is 35.5 Å². The second-order valence-corrected chi connectivity index (χ2v) is 1.60. The highest BCUT2D eigenvalue weighted by molar-refractivity contribution is 5.91. The van der Waals surface area contributed by atoms with Crippen LogP contribution in [0.4, 0.5) is 0 Å². The molecule has 0 aromatic heterocycles. The Labute approximate surface area is 52.5 Å². The highest BCUT2D eigenvalue weighted by Crippen LogP contribution is 2.04. The fourth-order valence-corrected chi connectivity index (χ4v) is 0.442. The van der Waals surface area contributed by atoms with Gasteiger partial charge in [0.2, 0.25) is 5.76 Å². The summed E-state index contributed by atoms with van der Waals surface area (Å²) in [7, 11) is 0. The van der Waals surface area contributed by atoms with Gasteiger partial charge in [-0.2, -0.15) is 0 Å². The summed E-state index contributed by atoms with van der Waals surface area (Å²) >= 11 is 0. The highest BCUT2D eigenvalue weighted by atomic mass is 17.2. The van der Waals surface area contributed by atoms with Gasteiger partial charge in [-0.3, -0.25) is 14.6 Å². The first-order valence-corrected chi connectivity index (χ1v) is 2.52. The van der Waals surface area contributed by atoms with Gasteiger partial charge in [0.15, 0.2) is 5.78 Å². The molecule has 0 aromatic rings. The summed E-state index contributed by atoms with van der Waals surface area (Å²) in [4.78, 5) is 19.3. The Morgan fingerprint density at radius 3 is 2.78 bits per heavy atom. The minimum Gasteiger partial charge on any atom is -0.298 e. The van der Waals surface area contributed by atoms with Crippen LogP contribution in [0.1, 0.15) is 6.92 Å². The van der Waals surface area contributed by atoms with E-state index >= 15 is 0 Å². The lowest BCUT2D eigenvalue weighted by atomic mass is 10.3. The Hall–Kier alpha value is -1.25. The van der Waals surface area contributed by atoms with E-state index in [0.29, 0.717) is 0 Å². The van der Waals surface area contributed by atoms with Crippen LogP contribution in [0.5, 0.6) is 0 Å². The van der Waals surface area contributed by atoms with Gasteiger partial charge < -0.3 is 0 Å². The van der Waals surface area contributed by atoms with Gasteiger partial charge in [-0.15, -0.1) is 0 Å². The second kappa shape index (κ2) is 2.35. The number of carbonyl (C=O) groups is 1. The monoisotopic (exact) mass is 126 g/mol. The summed E-state index contributed by atoms with van der Waals surface area (Å²) in [6.07, 6.45) is 4.50. The third-order valence-electron chi connectivity index (χ3n) is 0.867. The maximum Gasteiger partial charge on any atom is 0.221 e. The molecule has 0 radical (unpaired) electrons. The molecule has 48 valence electrons. The van der Waals surface area contributed by atoms with Gasteiger partial charge >= 0.3 is 0 Å². The van der Waals surface area contributed by atoms with Crippen molar-refractivity contribution in [2.75, 3.05) is 0 Å². The van der Waals surface area contributed by atoms with Crippen molar-refractivity contribution >= 4 is 5.78 Å². The predicted octanol–water partition coefficient (Wildman–Crippen LogP) is 0.935. The zero-order valence-corrected chi connectivity index (χ0v) is 4.96. The van der Waals surface area contributed by atoms with Crippen LogP contribution >= 0.6 is 0 Å². The van der Waals surface area contributed by atoms with E-state index in [1.165, 1.54) is 13.2 Å². The van der Waals surface area contributed by atoms with Crippen molar-refractivity contribution < 1.29 is 14.6 Å². The number of allylic oxidation sites excluding steroid dienone is 3. The van der Waals surface area contributed by atoms with E-state index < -0.39 is 0 Å². The normalized spacial score (nSPS) is 15.4. The van der Waals surface area contributed by atoms with Crippen LogP contribution in [-0.2, 0) is 14.6 Å². The van der Waals surface area contributed by atoms with Crippen LogP contribution in [-0.4, -0.2) is 5.78 Å². The van der Waals surface area contributed by atoms with Crippen LogP contribution in [0.25, 0.3) is 0 Å². The quantitative estimate of drug-likeness (QED) is 0.490. The molecular weight excluding hydrogens is 120 g/mol. The first-order valence-electron chi connectivity index (χ1n) is 2.52. The van der Waals surface area contributed by atoms with Gasteiger partial charge in [-0.1, -0.05) is 0 Å². The number of hydrogen-bond donors (Lipinski definition) is 0. The molecular formula is C6H6O3. The second-order valence-electron chi connectivity index (χ2n) is 1.60. The molecule has 1 rings (SSSR count). The molecule has 0 amide bonds. The lowest BCUT2D eigenvalue weighted by molar-refractivity contribution is -0.214. The van der Waals surface area contributed by atoms with Gasteiger partial charge in [-0.05, 0) is 12.2 Å². The molecule has 3 heteroatoms. The van der Waals surface area contributed by atoms with E-state index in [9.17, 15) is 4.79 Å². The molecule has 0 bridgehead atoms. The van der Waals surface area contributed by atoms with Crippen LogP contribution in [0.2, 0.25) is 0 Å². The Morgan fingerprint density at radius 1 is 1.67 bits per heavy atom. The highest BCUT2D eigenvalue weighted by Gasteiger charge is 2.06. The van der Waals surface area contributed by atoms with Gasteiger partial charge in [-0.25, -0.2) is 0 Å². The average Bonchev–Trinajstić information content (AvgIpc) is 1.90. The first kappa shape index (κ1) is 5.88. The molecule has 0 saturated heterocycles. The Bertz CT molecular complexity index is 179. The maximum absolute atomic E-state index is 10.5. The van der Waals surface area contributed by atoms with E-state index in [1.54, 1.807) is 12.2 Å². The molecule has 0 atom stereocenters. The number of ketones is 1. The average molecular weight is 126 g/mol. The molecule has 1 heterocycles. The molecule has 9 heavy (non-hydrogen) atoms. The molecule has 0 aromatic carbocycles. The molecule has 3 nitrogen and oxygen atoms in total. The van der Waals surface area contributed by atoms with Crippen LogP contribution in [0.3, 0.4) is 0 Å². The molecule has 1 aliphatic rings. The van der Waals surface area contributed by atoms with Crippen molar-refractivity contribution in [3.8, 4) is 0 Å². The third-order valence-corrected chi connectivity index (χ3v) is 0.867. The molecule has 0 spiro atoms. The van der Waals surface area contributed by atoms with Crippen molar-refractivity contribution in [1.29, 1.82) is 0 Å². The van der Waals surface area contributed by atoms with E-state index in [2.05, 4.69) is 9.78 Å². The Kier molecular flexibility index (Phi) is 1.53. The molecule has 0 N–H and O–H groups in total. The van der Waals surface area contributed by atoms with E-state index in [0.717, 1.165) is 0 Å². The summed E-state index contributed by atoms with van der Waals surface area (Å²) in [6.45, 7) is 1.41. The van der Waals surface area contributed by atoms with Crippen molar-refractivity contribution in [2.45, 2.75) is 6.92 Å². The minimum atomic E-state index is -0.139. The van der Waals surface area contributed by atoms with E-state index in [-0.39, 0.29) is 11.5 Å². The van der Waals surface area contributed by atoms with Crippen LogP contribution < -0.4 is 0 Å². The first-order chi connectivity index (χ1) is 4.30. The zero-order valence-electron chi connectivity index (χ0n) is 4.96. The summed E-state index contributed by atoms with van der Waals surface area (Å²) in [5.74, 6) is 0.0943. The largest absolute Gasteiger partial charge is 0.298 e. The minimum absolute atomic E-state index is 0.139. The Balaban J connectivity index is 2.68. The number of carbonyl (C=O) groups excluding carboxylic acids is 1. The third kappa shape index (κ3) is 1.32. The van der Waals surface area contributed by atoms with Crippen molar-refractivity contribution in [3.63, 3.8) is 0 Å². The van der Waals surface area contributed by atoms with Crippen molar-refractivity contribution in [3.05, 3.63) is 24.2 Å². The molecule has 1 aliphatic heterocycles. The lowest BCUT2D eigenvalue weighted by Crippen LogP contribution is -2.02. The summed E-state index contributed by atoms with van der Waals surface area (Å²) in [6, 6.07) is 0. The lowest BCUT2D eigenvalue weighted by Gasteiger charge is -2.04. The SMILES string of the molecule is CC(=O)C1=CC=COO1. The zero-order chi connectivity index (χ0) is 6.69. The van der Waals surface area contributed by atoms with Crippen LogP contribution in [0.15, 0.2) is 24.2 Å². The predicted molar refractivity (Wildman–Crippen MR) is 30.1 cm³/mol. The number of Topliss-reactive ketones (excluding diaryl/α,β-unsaturated/α-hetero) is 1. The Morgan fingerprint density at radius 2 is 2.44 bits per heavy atom. The van der Waals surface area contributed by atoms with Crippen LogP contribution in [0, 0.1) is 0 Å². The van der Waals surface area contributed by atoms with Gasteiger partial charge in [0.1, 0.15) is 6.26 Å². The summed E-state index contributed by atoms with van der Waals surface area (Å²) < 4.78 is 0. The molecule has 0 saturated carbocycles. The molecule has 0 unspecified atom stereocenters. The van der Waals surface area contributed by atoms with Gasteiger partial charge in [0.05, 0.1) is 0 Å². The summed E-state index contributed by atoms with van der Waals surface area (Å²) in [5.41, 5.74) is 0. The summed E-state index contributed by atoms with van der Waals surface area (Å²) in [5, 5.41) is 0. The van der Waals surface area contributed by atoms with E-state index in [4.69, 9.17) is 0 Å². The van der Waals surface area contributed by atoms with E-state index in [1.807, 2.05) is 0 Å². The fraction of sp³-hybridized carbons (Fsp3) is 0.167. The maximum atomic E-state index is 10.5. The van der Waals surface area contributed by atoms with Crippen molar-refractivity contribution in [1.82, 2.24) is 0 Å². The fourth-order valence-electron chi connectivity index (χ4n) is 0.442. The van der Waals surface area contributed by atoms with Gasteiger partial charge in [0, 0.05) is 6.92 Å². The molecule has 0 fully saturated rings. The smallest absolute Gasteiger partial charge is 0.221 e. The van der Waals surface area contributed by atoms with Gasteiger partial charge in [0.25, 0.3) is 0 Å². The standard InChI is InChI=1S/C6H6O3/c1-5(7)6-3-2-4-8-9-6/h2-4H,1H3. The number of rotatable bonds is 1. The molecule has 0 aliphatic carbocycles. The number of hydrogen-bond acceptors (Lipinski definition) is 3.